The Kier molecular flexibility index (Phi) is 16.0. The van der Waals surface area contributed by atoms with Crippen LogP contribution in [0.1, 0.15) is 90.4 Å². The maximum absolute atomic E-state index is 11.5. The second-order valence-electron chi connectivity index (χ2n) is 6.62. The van der Waals surface area contributed by atoms with E-state index in [1.54, 1.807) is 0 Å². The Morgan fingerprint density at radius 2 is 1.40 bits per heavy atom. The van der Waals surface area contributed by atoms with E-state index in [9.17, 15) is 13.2 Å². The van der Waals surface area contributed by atoms with E-state index in [-0.39, 0.29) is 12.5 Å². The molecule has 0 bridgehead atoms. The fraction of sp³-hybridized carbons (Fsp3) is 0.842. The minimum atomic E-state index is -3.99. The van der Waals surface area contributed by atoms with Crippen molar-refractivity contribution in [2.75, 3.05) is 12.3 Å². The van der Waals surface area contributed by atoms with Gasteiger partial charge in [0.25, 0.3) is 10.1 Å². The molecular weight excluding hydrogens is 338 g/mol. The molecule has 6 heteroatoms. The number of unbranched alkanes of at least 4 members (excludes halogenated alkanes) is 10. The highest BCUT2D eigenvalue weighted by Gasteiger charge is 2.06. The first-order valence-electron chi connectivity index (χ1n) is 9.82. The summed E-state index contributed by atoms with van der Waals surface area (Å²) in [6.07, 6.45) is 19.4. The molecule has 0 radical (unpaired) electrons. The molecule has 0 fully saturated rings. The zero-order valence-electron chi connectivity index (χ0n) is 15.8. The maximum atomic E-state index is 11.5. The molecule has 0 atom stereocenters. The summed E-state index contributed by atoms with van der Waals surface area (Å²) in [5, 5.41) is 2.50. The van der Waals surface area contributed by atoms with E-state index in [2.05, 4.69) is 24.4 Å². The Balaban J connectivity index is 3.29. The molecule has 148 valence electrons. The summed E-state index contributed by atoms with van der Waals surface area (Å²) in [6.45, 7) is 2.21. The first kappa shape index (κ1) is 24.1. The van der Waals surface area contributed by atoms with E-state index in [1.807, 2.05) is 0 Å². The molecule has 25 heavy (non-hydrogen) atoms. The summed E-state index contributed by atoms with van der Waals surface area (Å²) in [5.41, 5.74) is 0. The quantitative estimate of drug-likeness (QED) is 0.220. The van der Waals surface area contributed by atoms with E-state index < -0.39 is 15.9 Å². The predicted octanol–water partition coefficient (Wildman–Crippen LogP) is 4.64. The zero-order chi connectivity index (χ0) is 18.8. The molecule has 0 aliphatic heterocycles. The maximum Gasteiger partial charge on any atom is 0.266 e. The number of allylic oxidation sites excluding steroid dienone is 2. The molecule has 0 heterocycles. The Bertz CT molecular complexity index is 446. The topological polar surface area (TPSA) is 83.5 Å². The lowest BCUT2D eigenvalue weighted by Crippen LogP contribution is -2.28. The van der Waals surface area contributed by atoms with E-state index in [0.29, 0.717) is 6.42 Å². The van der Waals surface area contributed by atoms with Crippen LogP contribution in [0.2, 0.25) is 0 Å². The Morgan fingerprint density at radius 1 is 0.880 bits per heavy atom. The van der Waals surface area contributed by atoms with Crippen LogP contribution >= 0.6 is 0 Å². The van der Waals surface area contributed by atoms with Gasteiger partial charge in [-0.1, -0.05) is 64.0 Å². The highest BCUT2D eigenvalue weighted by Crippen LogP contribution is 2.09. The van der Waals surface area contributed by atoms with Gasteiger partial charge in [0, 0.05) is 13.0 Å². The first-order valence-corrected chi connectivity index (χ1v) is 11.4. The van der Waals surface area contributed by atoms with Crippen LogP contribution in [0.15, 0.2) is 12.2 Å². The van der Waals surface area contributed by atoms with Crippen LogP contribution in [-0.2, 0) is 14.9 Å². The van der Waals surface area contributed by atoms with Crippen molar-refractivity contribution >= 4 is 16.0 Å². The van der Waals surface area contributed by atoms with Crippen molar-refractivity contribution in [3.8, 4) is 0 Å². The van der Waals surface area contributed by atoms with Gasteiger partial charge in [-0.2, -0.15) is 8.42 Å². The highest BCUT2D eigenvalue weighted by atomic mass is 32.2. The lowest BCUT2D eigenvalue weighted by Gasteiger charge is -2.04. The van der Waals surface area contributed by atoms with Crippen LogP contribution in [0, 0.1) is 0 Å². The van der Waals surface area contributed by atoms with Crippen LogP contribution in [0.3, 0.4) is 0 Å². The Labute approximate surface area is 154 Å². The molecule has 0 spiro atoms. The van der Waals surface area contributed by atoms with E-state index in [0.717, 1.165) is 25.7 Å². The third-order valence-corrected chi connectivity index (χ3v) is 4.82. The number of rotatable bonds is 17. The van der Waals surface area contributed by atoms with Crippen LogP contribution in [0.5, 0.6) is 0 Å². The lowest BCUT2D eigenvalue weighted by atomic mass is 10.1. The fourth-order valence-corrected chi connectivity index (χ4v) is 2.95. The molecule has 0 aromatic rings. The van der Waals surface area contributed by atoms with Crippen LogP contribution < -0.4 is 5.32 Å². The van der Waals surface area contributed by atoms with E-state index >= 15 is 0 Å². The number of hydrogen-bond acceptors (Lipinski definition) is 3. The number of amides is 1. The molecule has 1 amide bonds. The molecular formula is C19H37NO4S. The average Bonchev–Trinajstić information content (AvgIpc) is 2.54. The van der Waals surface area contributed by atoms with Crippen LogP contribution in [-0.4, -0.2) is 31.2 Å². The molecule has 0 saturated heterocycles. The van der Waals surface area contributed by atoms with Gasteiger partial charge in [0.1, 0.15) is 0 Å². The second kappa shape index (κ2) is 16.6. The summed E-state index contributed by atoms with van der Waals surface area (Å²) in [4.78, 5) is 11.5. The zero-order valence-corrected chi connectivity index (χ0v) is 16.7. The molecule has 0 aromatic carbocycles. The summed E-state index contributed by atoms with van der Waals surface area (Å²) >= 11 is 0. The van der Waals surface area contributed by atoms with Crippen LogP contribution in [0.4, 0.5) is 0 Å². The molecule has 0 unspecified atom stereocenters. The van der Waals surface area contributed by atoms with Crippen LogP contribution in [0.25, 0.3) is 0 Å². The Hall–Kier alpha value is -0.880. The number of carbonyl (C=O) groups is 1. The third-order valence-electron chi connectivity index (χ3n) is 4.10. The van der Waals surface area contributed by atoms with Crippen molar-refractivity contribution in [1.29, 1.82) is 0 Å². The summed E-state index contributed by atoms with van der Waals surface area (Å²) in [7, 11) is -3.99. The fourth-order valence-electron chi connectivity index (χ4n) is 2.59. The number of nitrogens with one attached hydrogen (secondary N) is 1. The van der Waals surface area contributed by atoms with Gasteiger partial charge < -0.3 is 5.32 Å². The molecule has 0 aromatic heterocycles. The SMILES string of the molecule is CCCCCCC/C=C\CCCCCCCC(=O)NCCS(=O)(=O)O. The van der Waals surface area contributed by atoms with Crippen molar-refractivity contribution in [3.05, 3.63) is 12.2 Å². The smallest absolute Gasteiger partial charge is 0.266 e. The van der Waals surface area contributed by atoms with Gasteiger partial charge in [-0.15, -0.1) is 0 Å². The van der Waals surface area contributed by atoms with Gasteiger partial charge in [-0.05, 0) is 32.1 Å². The highest BCUT2D eigenvalue weighted by molar-refractivity contribution is 7.85. The van der Waals surface area contributed by atoms with Crippen molar-refractivity contribution < 1.29 is 17.8 Å². The monoisotopic (exact) mass is 375 g/mol. The molecule has 0 saturated carbocycles. The third kappa shape index (κ3) is 21.1. The Morgan fingerprint density at radius 3 is 1.96 bits per heavy atom. The van der Waals surface area contributed by atoms with Gasteiger partial charge in [-0.3, -0.25) is 9.35 Å². The minimum absolute atomic E-state index is 0.0252. The number of hydrogen-bond donors (Lipinski definition) is 2. The van der Waals surface area contributed by atoms with Gasteiger partial charge in [-0.25, -0.2) is 0 Å². The van der Waals surface area contributed by atoms with Gasteiger partial charge in [0.15, 0.2) is 0 Å². The van der Waals surface area contributed by atoms with E-state index in [4.69, 9.17) is 4.55 Å². The van der Waals surface area contributed by atoms with Crippen molar-refractivity contribution in [1.82, 2.24) is 5.32 Å². The average molecular weight is 376 g/mol. The lowest BCUT2D eigenvalue weighted by molar-refractivity contribution is -0.121. The summed E-state index contributed by atoms with van der Waals surface area (Å²) < 4.78 is 29.6. The van der Waals surface area contributed by atoms with Gasteiger partial charge in [0.2, 0.25) is 5.91 Å². The van der Waals surface area contributed by atoms with Gasteiger partial charge >= 0.3 is 0 Å². The normalized spacial score (nSPS) is 11.9. The second-order valence-corrected chi connectivity index (χ2v) is 8.19. The molecule has 5 nitrogen and oxygen atoms in total. The largest absolute Gasteiger partial charge is 0.355 e. The van der Waals surface area contributed by atoms with Crippen molar-refractivity contribution in [2.24, 2.45) is 0 Å². The first-order chi connectivity index (χ1) is 12.0. The molecule has 0 aliphatic carbocycles. The van der Waals surface area contributed by atoms with Crippen molar-refractivity contribution in [2.45, 2.75) is 90.4 Å². The van der Waals surface area contributed by atoms with Gasteiger partial charge in [0.05, 0.1) is 5.75 Å². The summed E-state index contributed by atoms with van der Waals surface area (Å²) in [6, 6.07) is 0. The standard InChI is InChI=1S/C19H37NO4S/c1-2-3-4-5-6-7-8-9-10-11-12-13-14-15-16-19(21)20-17-18-25(22,23)24/h8-9H,2-7,10-18H2,1H3,(H,20,21)(H,22,23,24)/b9-8-. The molecule has 0 aliphatic rings. The predicted molar refractivity (Wildman–Crippen MR) is 104 cm³/mol. The molecule has 2 N–H and O–H groups in total. The minimum Gasteiger partial charge on any atom is -0.355 e. The summed E-state index contributed by atoms with van der Waals surface area (Å²) in [5.74, 6) is -0.573. The molecule has 0 rings (SSSR count). The van der Waals surface area contributed by atoms with E-state index in [1.165, 1.54) is 51.4 Å². The number of carbonyl (C=O) groups excluding carboxylic acids is 1. The van der Waals surface area contributed by atoms with Crippen molar-refractivity contribution in [3.63, 3.8) is 0 Å².